The monoisotopic (exact) mass is 351 g/mol. The molecule has 0 aliphatic rings. The Hall–Kier alpha value is -1.39. The number of rotatable bonds is 7. The average molecular weight is 352 g/mol. The standard InChI is InChI=1S/C17H19BrFNO/c1-2-9-21-17-8-7-15(18)10-14(17)12-20-11-13-5-3-4-6-16(13)19/h3-8,10,20H,2,9,11-12H2,1H3. The van der Waals surface area contributed by atoms with E-state index in [0.29, 0.717) is 25.3 Å². The first-order chi connectivity index (χ1) is 10.2. The number of ether oxygens (including phenoxy) is 1. The van der Waals surface area contributed by atoms with Crippen LogP contribution in [0.1, 0.15) is 24.5 Å². The summed E-state index contributed by atoms with van der Waals surface area (Å²) in [6, 6.07) is 12.8. The molecule has 2 rings (SSSR count). The first-order valence-corrected chi connectivity index (χ1v) is 7.85. The molecule has 0 radical (unpaired) electrons. The maximum Gasteiger partial charge on any atom is 0.127 e. The second-order valence-corrected chi connectivity index (χ2v) is 5.71. The van der Waals surface area contributed by atoms with Gasteiger partial charge in [-0.2, -0.15) is 0 Å². The summed E-state index contributed by atoms with van der Waals surface area (Å²) in [6.07, 6.45) is 0.970. The van der Waals surface area contributed by atoms with Crippen LogP contribution in [-0.4, -0.2) is 6.61 Å². The van der Waals surface area contributed by atoms with Crippen molar-refractivity contribution in [3.05, 3.63) is 63.9 Å². The van der Waals surface area contributed by atoms with Gasteiger partial charge in [-0.1, -0.05) is 41.1 Å². The zero-order chi connectivity index (χ0) is 15.1. The lowest BCUT2D eigenvalue weighted by Crippen LogP contribution is -2.14. The number of hydrogen-bond donors (Lipinski definition) is 1. The molecule has 0 saturated heterocycles. The first kappa shape index (κ1) is 16.0. The molecule has 4 heteroatoms. The lowest BCUT2D eigenvalue weighted by Gasteiger charge is -2.12. The highest BCUT2D eigenvalue weighted by atomic mass is 79.9. The van der Waals surface area contributed by atoms with Crippen molar-refractivity contribution in [3.63, 3.8) is 0 Å². The Labute approximate surface area is 133 Å². The van der Waals surface area contributed by atoms with Crippen molar-refractivity contribution in [3.8, 4) is 5.75 Å². The van der Waals surface area contributed by atoms with Crippen molar-refractivity contribution in [1.82, 2.24) is 5.32 Å². The summed E-state index contributed by atoms with van der Waals surface area (Å²) in [7, 11) is 0. The molecule has 2 aromatic rings. The third kappa shape index (κ3) is 4.83. The van der Waals surface area contributed by atoms with Crippen LogP contribution in [-0.2, 0) is 13.1 Å². The quantitative estimate of drug-likeness (QED) is 0.782. The number of nitrogens with one attached hydrogen (secondary N) is 1. The van der Waals surface area contributed by atoms with Gasteiger partial charge >= 0.3 is 0 Å². The van der Waals surface area contributed by atoms with E-state index in [0.717, 1.165) is 22.2 Å². The summed E-state index contributed by atoms with van der Waals surface area (Å²) in [4.78, 5) is 0. The van der Waals surface area contributed by atoms with Crippen molar-refractivity contribution in [2.45, 2.75) is 26.4 Å². The van der Waals surface area contributed by atoms with E-state index >= 15 is 0 Å². The molecule has 0 aliphatic heterocycles. The molecule has 0 atom stereocenters. The maximum absolute atomic E-state index is 13.6. The molecule has 0 bridgehead atoms. The second-order valence-electron chi connectivity index (χ2n) is 4.80. The van der Waals surface area contributed by atoms with Crippen molar-refractivity contribution >= 4 is 15.9 Å². The van der Waals surface area contributed by atoms with Crippen LogP contribution in [0, 0.1) is 5.82 Å². The fourth-order valence-electron chi connectivity index (χ4n) is 2.01. The molecular formula is C17H19BrFNO. The van der Waals surface area contributed by atoms with Gasteiger partial charge in [0.25, 0.3) is 0 Å². The van der Waals surface area contributed by atoms with Gasteiger partial charge in [-0.15, -0.1) is 0 Å². The summed E-state index contributed by atoms with van der Waals surface area (Å²) < 4.78 is 20.3. The summed E-state index contributed by atoms with van der Waals surface area (Å²) in [5, 5.41) is 3.26. The van der Waals surface area contributed by atoms with E-state index in [1.54, 1.807) is 12.1 Å². The molecule has 0 aromatic heterocycles. The molecular weight excluding hydrogens is 333 g/mol. The highest BCUT2D eigenvalue weighted by Gasteiger charge is 2.05. The van der Waals surface area contributed by atoms with Crippen molar-refractivity contribution < 1.29 is 9.13 Å². The Morgan fingerprint density at radius 3 is 2.62 bits per heavy atom. The smallest absolute Gasteiger partial charge is 0.127 e. The molecule has 0 heterocycles. The Bertz CT molecular complexity index is 589. The van der Waals surface area contributed by atoms with Crippen LogP contribution in [0.4, 0.5) is 4.39 Å². The van der Waals surface area contributed by atoms with Crippen LogP contribution in [0.3, 0.4) is 0 Å². The summed E-state index contributed by atoms with van der Waals surface area (Å²) in [5.74, 6) is 0.697. The summed E-state index contributed by atoms with van der Waals surface area (Å²) in [6.45, 7) is 3.90. The SMILES string of the molecule is CCCOc1ccc(Br)cc1CNCc1ccccc1F. The van der Waals surface area contributed by atoms with Crippen LogP contribution in [0.15, 0.2) is 46.9 Å². The molecule has 0 amide bonds. The van der Waals surface area contributed by atoms with Gasteiger partial charge in [-0.3, -0.25) is 0 Å². The highest BCUT2D eigenvalue weighted by molar-refractivity contribution is 9.10. The van der Waals surface area contributed by atoms with E-state index in [4.69, 9.17) is 4.74 Å². The molecule has 0 aliphatic carbocycles. The molecule has 112 valence electrons. The van der Waals surface area contributed by atoms with Gasteiger partial charge in [-0.05, 0) is 30.7 Å². The van der Waals surface area contributed by atoms with Crippen LogP contribution in [0.2, 0.25) is 0 Å². The maximum atomic E-state index is 13.6. The highest BCUT2D eigenvalue weighted by Crippen LogP contribution is 2.23. The Morgan fingerprint density at radius 1 is 1.10 bits per heavy atom. The Balaban J connectivity index is 1.99. The van der Waals surface area contributed by atoms with Gasteiger partial charge < -0.3 is 10.1 Å². The molecule has 0 fully saturated rings. The van der Waals surface area contributed by atoms with Gasteiger partial charge in [0.1, 0.15) is 11.6 Å². The van der Waals surface area contributed by atoms with Gasteiger partial charge in [-0.25, -0.2) is 4.39 Å². The van der Waals surface area contributed by atoms with Gasteiger partial charge in [0.05, 0.1) is 6.61 Å². The van der Waals surface area contributed by atoms with E-state index in [-0.39, 0.29) is 5.82 Å². The zero-order valence-corrected chi connectivity index (χ0v) is 13.6. The van der Waals surface area contributed by atoms with Gasteiger partial charge in [0.2, 0.25) is 0 Å². The van der Waals surface area contributed by atoms with Gasteiger partial charge in [0, 0.05) is 28.7 Å². The first-order valence-electron chi connectivity index (χ1n) is 7.06. The van der Waals surface area contributed by atoms with E-state index in [2.05, 4.69) is 28.2 Å². The van der Waals surface area contributed by atoms with Crippen LogP contribution >= 0.6 is 15.9 Å². The minimum atomic E-state index is -0.179. The van der Waals surface area contributed by atoms with Crippen LogP contribution in [0.25, 0.3) is 0 Å². The van der Waals surface area contributed by atoms with E-state index in [1.165, 1.54) is 6.07 Å². The molecule has 1 N–H and O–H groups in total. The largest absolute Gasteiger partial charge is 0.493 e. The summed E-state index contributed by atoms with van der Waals surface area (Å²) in [5.41, 5.74) is 1.73. The topological polar surface area (TPSA) is 21.3 Å². The Kier molecular flexibility index (Phi) is 6.21. The van der Waals surface area contributed by atoms with Crippen molar-refractivity contribution in [2.75, 3.05) is 6.61 Å². The van der Waals surface area contributed by atoms with E-state index in [9.17, 15) is 4.39 Å². The zero-order valence-electron chi connectivity index (χ0n) is 12.0. The third-order valence-corrected chi connectivity index (χ3v) is 3.57. The lowest BCUT2D eigenvalue weighted by atomic mass is 10.1. The molecule has 2 nitrogen and oxygen atoms in total. The number of halogens is 2. The lowest BCUT2D eigenvalue weighted by molar-refractivity contribution is 0.313. The van der Waals surface area contributed by atoms with Crippen LogP contribution < -0.4 is 10.1 Å². The van der Waals surface area contributed by atoms with Gasteiger partial charge in [0.15, 0.2) is 0 Å². The van der Waals surface area contributed by atoms with E-state index < -0.39 is 0 Å². The second kappa shape index (κ2) is 8.15. The third-order valence-electron chi connectivity index (χ3n) is 3.07. The Morgan fingerprint density at radius 2 is 1.86 bits per heavy atom. The minimum Gasteiger partial charge on any atom is -0.493 e. The predicted octanol–water partition coefficient (Wildman–Crippen LogP) is 4.67. The molecule has 0 spiro atoms. The average Bonchev–Trinajstić information content (AvgIpc) is 2.48. The minimum absolute atomic E-state index is 0.179. The molecule has 0 unspecified atom stereocenters. The normalized spacial score (nSPS) is 10.6. The fourth-order valence-corrected chi connectivity index (χ4v) is 2.42. The van der Waals surface area contributed by atoms with Crippen molar-refractivity contribution in [1.29, 1.82) is 0 Å². The fraction of sp³-hybridized carbons (Fsp3) is 0.294. The predicted molar refractivity (Wildman–Crippen MR) is 86.9 cm³/mol. The number of hydrogen-bond acceptors (Lipinski definition) is 2. The van der Waals surface area contributed by atoms with E-state index in [1.807, 2.05) is 24.3 Å². The number of benzene rings is 2. The molecule has 0 saturated carbocycles. The van der Waals surface area contributed by atoms with Crippen LogP contribution in [0.5, 0.6) is 5.75 Å². The molecule has 21 heavy (non-hydrogen) atoms. The van der Waals surface area contributed by atoms with Crippen molar-refractivity contribution in [2.24, 2.45) is 0 Å². The molecule has 2 aromatic carbocycles. The summed E-state index contributed by atoms with van der Waals surface area (Å²) >= 11 is 3.47.